The molecule has 1 atom stereocenters. The summed E-state index contributed by atoms with van der Waals surface area (Å²) >= 11 is 0. The second-order valence-corrected chi connectivity index (χ2v) is 7.90. The maximum Gasteiger partial charge on any atom is 0.342 e. The van der Waals surface area contributed by atoms with E-state index in [0.29, 0.717) is 34.9 Å². The Kier molecular flexibility index (Phi) is 6.96. The van der Waals surface area contributed by atoms with Gasteiger partial charge >= 0.3 is 5.97 Å². The molecule has 178 valence electrons. The number of fused-ring (bicyclic) bond motifs is 1. The molecule has 4 rings (SSSR count). The number of carbonyl (C=O) groups is 2. The summed E-state index contributed by atoms with van der Waals surface area (Å²) in [5.74, 6) is -0.404. The minimum atomic E-state index is -1.11. The molecule has 0 aliphatic rings. The van der Waals surface area contributed by atoms with Gasteiger partial charge in [-0.25, -0.2) is 4.79 Å². The number of nitrogens with one attached hydrogen (secondary N) is 1. The molecule has 0 aliphatic heterocycles. The van der Waals surface area contributed by atoms with Crippen molar-refractivity contribution in [3.8, 4) is 17.1 Å². The summed E-state index contributed by atoms with van der Waals surface area (Å²) in [6, 6.07) is 20.9. The van der Waals surface area contributed by atoms with Gasteiger partial charge < -0.3 is 19.2 Å². The molecule has 3 aromatic carbocycles. The number of hydrogen-bond acceptors (Lipinski definition) is 6. The standard InChI is InChI=1S/C28H25NO6/c1-4-33-23-16-9-8-15-22(23)29-27(31)18(3)34-28(32)21-14-10-13-20-24(30)17(2)25(35-26(20)21)19-11-6-5-7-12-19/h5-16,18H,4H2,1-3H3,(H,29,31). The SMILES string of the molecule is CCOc1ccccc1NC(=O)C(C)OC(=O)c1cccc2c(=O)c(C)c(-c3ccccc3)oc12. The second kappa shape index (κ2) is 10.3. The Morgan fingerprint density at radius 1 is 0.971 bits per heavy atom. The van der Waals surface area contributed by atoms with Gasteiger partial charge in [-0.05, 0) is 45.0 Å². The Morgan fingerprint density at radius 3 is 2.43 bits per heavy atom. The van der Waals surface area contributed by atoms with Crippen LogP contribution < -0.4 is 15.5 Å². The third-order valence-corrected chi connectivity index (χ3v) is 5.50. The molecule has 1 amide bonds. The monoisotopic (exact) mass is 471 g/mol. The zero-order valence-electron chi connectivity index (χ0n) is 19.7. The van der Waals surface area contributed by atoms with Crippen molar-refractivity contribution >= 4 is 28.5 Å². The molecule has 0 saturated carbocycles. The van der Waals surface area contributed by atoms with Gasteiger partial charge in [-0.2, -0.15) is 0 Å². The highest BCUT2D eigenvalue weighted by molar-refractivity contribution is 6.04. The number of anilines is 1. The van der Waals surface area contributed by atoms with Crippen molar-refractivity contribution in [3.63, 3.8) is 0 Å². The third kappa shape index (κ3) is 4.94. The summed E-state index contributed by atoms with van der Waals surface area (Å²) in [6.07, 6.45) is -1.11. The van der Waals surface area contributed by atoms with Crippen LogP contribution in [0.5, 0.6) is 5.75 Å². The lowest BCUT2D eigenvalue weighted by molar-refractivity contribution is -0.123. The average molecular weight is 472 g/mol. The fraction of sp³-hybridized carbons (Fsp3) is 0.179. The zero-order chi connectivity index (χ0) is 24.9. The lowest BCUT2D eigenvalue weighted by Crippen LogP contribution is -2.30. The Balaban J connectivity index is 1.62. The fourth-order valence-corrected chi connectivity index (χ4v) is 3.70. The number of esters is 1. The van der Waals surface area contributed by atoms with E-state index in [2.05, 4.69) is 5.32 Å². The summed E-state index contributed by atoms with van der Waals surface area (Å²) in [5.41, 5.74) is 1.56. The highest BCUT2D eigenvalue weighted by atomic mass is 16.5. The summed E-state index contributed by atoms with van der Waals surface area (Å²) in [7, 11) is 0. The van der Waals surface area contributed by atoms with E-state index in [9.17, 15) is 14.4 Å². The van der Waals surface area contributed by atoms with Gasteiger partial charge in [-0.1, -0.05) is 48.5 Å². The lowest BCUT2D eigenvalue weighted by Gasteiger charge is -2.16. The molecule has 4 aromatic rings. The first kappa shape index (κ1) is 23.8. The van der Waals surface area contributed by atoms with E-state index < -0.39 is 18.0 Å². The van der Waals surface area contributed by atoms with Crippen LogP contribution in [0, 0.1) is 6.92 Å². The molecule has 0 bridgehead atoms. The van der Waals surface area contributed by atoms with Crippen LogP contribution in [0.4, 0.5) is 5.69 Å². The molecule has 7 heteroatoms. The number of rotatable bonds is 7. The molecule has 1 unspecified atom stereocenters. The summed E-state index contributed by atoms with van der Waals surface area (Å²) in [5, 5.41) is 2.99. The summed E-state index contributed by atoms with van der Waals surface area (Å²) in [6.45, 7) is 5.44. The molecule has 7 nitrogen and oxygen atoms in total. The highest BCUT2D eigenvalue weighted by Crippen LogP contribution is 2.28. The predicted molar refractivity (Wildman–Crippen MR) is 134 cm³/mol. The maximum absolute atomic E-state index is 13.1. The summed E-state index contributed by atoms with van der Waals surface area (Å²) in [4.78, 5) is 38.8. The molecule has 1 aromatic heterocycles. The number of ether oxygens (including phenoxy) is 2. The molecule has 0 spiro atoms. The van der Waals surface area contributed by atoms with E-state index in [0.717, 1.165) is 0 Å². The smallest absolute Gasteiger partial charge is 0.342 e. The number of hydrogen-bond donors (Lipinski definition) is 1. The molecule has 0 aliphatic carbocycles. The molecular weight excluding hydrogens is 446 g/mol. The quantitative estimate of drug-likeness (QED) is 0.365. The van der Waals surface area contributed by atoms with Crippen LogP contribution in [0.25, 0.3) is 22.3 Å². The number of para-hydroxylation sites is 3. The molecule has 0 radical (unpaired) electrons. The van der Waals surface area contributed by atoms with Gasteiger partial charge in [0.1, 0.15) is 17.1 Å². The maximum atomic E-state index is 13.1. The zero-order valence-corrected chi connectivity index (χ0v) is 19.7. The van der Waals surface area contributed by atoms with Crippen LogP contribution in [-0.4, -0.2) is 24.6 Å². The molecule has 0 fully saturated rings. The number of carbonyl (C=O) groups excluding carboxylic acids is 2. The van der Waals surface area contributed by atoms with Crippen molar-refractivity contribution < 1.29 is 23.5 Å². The van der Waals surface area contributed by atoms with Gasteiger partial charge in [0.15, 0.2) is 17.1 Å². The highest BCUT2D eigenvalue weighted by Gasteiger charge is 2.24. The van der Waals surface area contributed by atoms with Crippen molar-refractivity contribution in [1.29, 1.82) is 0 Å². The first-order chi connectivity index (χ1) is 16.9. The van der Waals surface area contributed by atoms with E-state index in [1.807, 2.05) is 37.3 Å². The van der Waals surface area contributed by atoms with E-state index in [4.69, 9.17) is 13.9 Å². The largest absolute Gasteiger partial charge is 0.492 e. The molecule has 1 N–H and O–H groups in total. The van der Waals surface area contributed by atoms with Crippen LogP contribution in [0.1, 0.15) is 29.8 Å². The van der Waals surface area contributed by atoms with Crippen LogP contribution in [0.3, 0.4) is 0 Å². The van der Waals surface area contributed by atoms with Gasteiger partial charge in [0.05, 0.1) is 17.7 Å². The van der Waals surface area contributed by atoms with E-state index in [1.165, 1.54) is 13.0 Å². The van der Waals surface area contributed by atoms with Crippen LogP contribution in [0.2, 0.25) is 0 Å². The topological polar surface area (TPSA) is 94.8 Å². The third-order valence-electron chi connectivity index (χ3n) is 5.50. The molecule has 35 heavy (non-hydrogen) atoms. The first-order valence-electron chi connectivity index (χ1n) is 11.3. The normalized spacial score (nSPS) is 11.6. The lowest BCUT2D eigenvalue weighted by atomic mass is 10.0. The van der Waals surface area contributed by atoms with Crippen molar-refractivity contribution in [3.05, 3.63) is 94.1 Å². The van der Waals surface area contributed by atoms with Crippen molar-refractivity contribution in [1.82, 2.24) is 0 Å². The minimum Gasteiger partial charge on any atom is -0.492 e. The fourth-order valence-electron chi connectivity index (χ4n) is 3.70. The minimum absolute atomic E-state index is 0.0612. The Labute approximate surface area is 202 Å². The van der Waals surface area contributed by atoms with Crippen LogP contribution in [0.15, 0.2) is 82.0 Å². The van der Waals surface area contributed by atoms with Crippen molar-refractivity contribution in [2.24, 2.45) is 0 Å². The van der Waals surface area contributed by atoms with E-state index in [-0.39, 0.29) is 22.0 Å². The van der Waals surface area contributed by atoms with Gasteiger partial charge in [0.25, 0.3) is 5.91 Å². The average Bonchev–Trinajstić information content (AvgIpc) is 2.87. The van der Waals surface area contributed by atoms with Gasteiger partial charge in [-0.15, -0.1) is 0 Å². The van der Waals surface area contributed by atoms with Crippen LogP contribution in [-0.2, 0) is 9.53 Å². The molecule has 1 heterocycles. The second-order valence-electron chi connectivity index (χ2n) is 7.90. The summed E-state index contributed by atoms with van der Waals surface area (Å²) < 4.78 is 17.0. The Morgan fingerprint density at radius 2 is 1.69 bits per heavy atom. The van der Waals surface area contributed by atoms with Gasteiger partial charge in [0.2, 0.25) is 0 Å². The number of amides is 1. The first-order valence-corrected chi connectivity index (χ1v) is 11.3. The van der Waals surface area contributed by atoms with E-state index in [1.54, 1.807) is 43.3 Å². The van der Waals surface area contributed by atoms with E-state index >= 15 is 0 Å². The van der Waals surface area contributed by atoms with Gasteiger partial charge in [0, 0.05) is 11.1 Å². The van der Waals surface area contributed by atoms with Crippen LogP contribution >= 0.6 is 0 Å². The predicted octanol–water partition coefficient (Wildman–Crippen LogP) is 5.35. The van der Waals surface area contributed by atoms with Crippen molar-refractivity contribution in [2.45, 2.75) is 26.9 Å². The Bertz CT molecular complexity index is 1440. The van der Waals surface area contributed by atoms with Gasteiger partial charge in [-0.3, -0.25) is 9.59 Å². The Hall–Kier alpha value is -4.39. The van der Waals surface area contributed by atoms with Crippen molar-refractivity contribution in [2.75, 3.05) is 11.9 Å². The number of benzene rings is 3. The molecule has 0 saturated heterocycles. The molecular formula is C28H25NO6.